The number of para-hydroxylation sites is 1. The van der Waals surface area contributed by atoms with E-state index in [1.54, 1.807) is 13.0 Å². The van der Waals surface area contributed by atoms with Gasteiger partial charge in [-0.3, -0.25) is 4.90 Å². The second-order valence-electron chi connectivity index (χ2n) is 6.52. The zero-order valence-corrected chi connectivity index (χ0v) is 14.4. The van der Waals surface area contributed by atoms with Crippen molar-refractivity contribution in [2.24, 2.45) is 0 Å². The van der Waals surface area contributed by atoms with Gasteiger partial charge in [0.25, 0.3) is 0 Å². The molecule has 0 unspecified atom stereocenters. The SMILES string of the molecule is CCOc1cccc2c1O[C@]1(C)C[C@@H]2NC(=O)N1c1ccc(F)c(F)c1. The van der Waals surface area contributed by atoms with E-state index >= 15 is 0 Å². The standard InChI is InChI=1S/C19H18F2N2O3/c1-3-25-16-6-4-5-12-15-10-19(2,26-17(12)16)23(18(24)22-15)11-7-8-13(20)14(21)9-11/h4-9,15H,3,10H2,1-2H3,(H,22,24)/t15-,19+/m0/s1. The summed E-state index contributed by atoms with van der Waals surface area (Å²) in [6.07, 6.45) is 0.459. The van der Waals surface area contributed by atoms with Crippen LogP contribution in [0.15, 0.2) is 36.4 Å². The highest BCUT2D eigenvalue weighted by Gasteiger charge is 2.50. The van der Waals surface area contributed by atoms with Crippen molar-refractivity contribution in [1.82, 2.24) is 5.32 Å². The number of benzene rings is 2. The van der Waals surface area contributed by atoms with Crippen LogP contribution in [0.25, 0.3) is 0 Å². The van der Waals surface area contributed by atoms with Crippen molar-refractivity contribution in [3.05, 3.63) is 53.6 Å². The Balaban J connectivity index is 1.80. The molecular weight excluding hydrogens is 342 g/mol. The van der Waals surface area contributed by atoms with E-state index in [0.29, 0.717) is 24.5 Å². The van der Waals surface area contributed by atoms with Gasteiger partial charge >= 0.3 is 6.03 Å². The lowest BCUT2D eigenvalue weighted by molar-refractivity contribution is 0.0343. The summed E-state index contributed by atoms with van der Waals surface area (Å²) in [4.78, 5) is 14.0. The number of fused-ring (bicyclic) bond motifs is 4. The molecule has 1 saturated heterocycles. The Hall–Kier alpha value is -2.83. The molecule has 0 saturated carbocycles. The van der Waals surface area contributed by atoms with Crippen molar-refractivity contribution in [1.29, 1.82) is 0 Å². The van der Waals surface area contributed by atoms with Crippen LogP contribution in [-0.2, 0) is 0 Å². The molecule has 4 rings (SSSR count). The number of hydrogen-bond donors (Lipinski definition) is 1. The molecular formula is C19H18F2N2O3. The average molecular weight is 360 g/mol. The Morgan fingerprint density at radius 2 is 2.12 bits per heavy atom. The Bertz CT molecular complexity index is 889. The zero-order chi connectivity index (χ0) is 18.5. The third-order valence-corrected chi connectivity index (χ3v) is 4.72. The molecule has 1 N–H and O–H groups in total. The molecule has 2 heterocycles. The molecule has 2 aliphatic rings. The summed E-state index contributed by atoms with van der Waals surface area (Å²) in [5.74, 6) is -0.849. The topological polar surface area (TPSA) is 50.8 Å². The number of rotatable bonds is 3. The zero-order valence-electron chi connectivity index (χ0n) is 14.4. The van der Waals surface area contributed by atoms with Gasteiger partial charge in [-0.2, -0.15) is 0 Å². The largest absolute Gasteiger partial charge is 0.490 e. The van der Waals surface area contributed by atoms with Crippen molar-refractivity contribution < 1.29 is 23.0 Å². The van der Waals surface area contributed by atoms with E-state index in [1.165, 1.54) is 11.0 Å². The normalized spacial score (nSPS) is 23.8. The lowest BCUT2D eigenvalue weighted by Gasteiger charge is -2.50. The average Bonchev–Trinajstić information content (AvgIpc) is 2.58. The maximum absolute atomic E-state index is 13.7. The fraction of sp³-hybridized carbons (Fsp3) is 0.316. The quantitative estimate of drug-likeness (QED) is 0.895. The summed E-state index contributed by atoms with van der Waals surface area (Å²) in [5, 5.41) is 2.92. The Morgan fingerprint density at radius 1 is 1.31 bits per heavy atom. The van der Waals surface area contributed by atoms with E-state index in [1.807, 2.05) is 19.1 Å². The lowest BCUT2D eigenvalue weighted by Crippen LogP contribution is -2.65. The highest BCUT2D eigenvalue weighted by molar-refractivity contribution is 5.95. The molecule has 7 heteroatoms. The second-order valence-corrected chi connectivity index (χ2v) is 6.52. The van der Waals surface area contributed by atoms with Gasteiger partial charge in [-0.05, 0) is 32.0 Å². The van der Waals surface area contributed by atoms with Crippen LogP contribution < -0.4 is 19.7 Å². The first-order chi connectivity index (χ1) is 12.4. The number of carbonyl (C=O) groups is 1. The molecule has 2 amide bonds. The number of nitrogens with zero attached hydrogens (tertiary/aromatic N) is 1. The van der Waals surface area contributed by atoms with Gasteiger partial charge < -0.3 is 14.8 Å². The van der Waals surface area contributed by atoms with Crippen molar-refractivity contribution in [3.63, 3.8) is 0 Å². The van der Waals surface area contributed by atoms with Crippen LogP contribution in [0.2, 0.25) is 0 Å². The summed E-state index contributed by atoms with van der Waals surface area (Å²) < 4.78 is 38.9. The summed E-state index contributed by atoms with van der Waals surface area (Å²) in [6, 6.07) is 8.21. The van der Waals surface area contributed by atoms with Gasteiger partial charge in [-0.1, -0.05) is 12.1 Å². The van der Waals surface area contributed by atoms with E-state index in [4.69, 9.17) is 9.47 Å². The number of urea groups is 1. The molecule has 5 nitrogen and oxygen atoms in total. The molecule has 1 fully saturated rings. The highest BCUT2D eigenvalue weighted by atomic mass is 19.2. The molecule has 136 valence electrons. The molecule has 0 spiro atoms. The molecule has 26 heavy (non-hydrogen) atoms. The van der Waals surface area contributed by atoms with Crippen molar-refractivity contribution in [3.8, 4) is 11.5 Å². The van der Waals surface area contributed by atoms with Crippen molar-refractivity contribution in [2.75, 3.05) is 11.5 Å². The van der Waals surface area contributed by atoms with E-state index in [-0.39, 0.29) is 11.7 Å². The number of nitrogens with one attached hydrogen (secondary N) is 1. The predicted octanol–water partition coefficient (Wildman–Crippen LogP) is 4.13. The Kier molecular flexibility index (Phi) is 3.75. The van der Waals surface area contributed by atoms with Crippen LogP contribution in [0.1, 0.15) is 31.9 Å². The number of carbonyl (C=O) groups excluding carboxylic acids is 1. The van der Waals surface area contributed by atoms with Crippen LogP contribution in [0.3, 0.4) is 0 Å². The van der Waals surface area contributed by atoms with Gasteiger partial charge in [0.05, 0.1) is 18.3 Å². The Labute approximate surface area is 149 Å². The van der Waals surface area contributed by atoms with Gasteiger partial charge in [-0.25, -0.2) is 13.6 Å². The number of halogens is 2. The highest BCUT2D eigenvalue weighted by Crippen LogP contribution is 2.49. The predicted molar refractivity (Wildman–Crippen MR) is 91.4 cm³/mol. The summed E-state index contributed by atoms with van der Waals surface area (Å²) in [7, 11) is 0. The van der Waals surface area contributed by atoms with Crippen molar-refractivity contribution in [2.45, 2.75) is 32.0 Å². The van der Waals surface area contributed by atoms with Gasteiger partial charge in [0.1, 0.15) is 0 Å². The van der Waals surface area contributed by atoms with Crippen molar-refractivity contribution >= 4 is 11.7 Å². The molecule has 0 radical (unpaired) electrons. The maximum Gasteiger partial charge on any atom is 0.325 e. The summed E-state index contributed by atoms with van der Waals surface area (Å²) >= 11 is 0. The van der Waals surface area contributed by atoms with E-state index in [2.05, 4.69) is 5.32 Å². The van der Waals surface area contributed by atoms with Gasteiger partial charge in [0.15, 0.2) is 28.9 Å². The fourth-order valence-electron chi connectivity index (χ4n) is 3.64. The molecule has 0 aliphatic carbocycles. The van der Waals surface area contributed by atoms with Crippen LogP contribution in [0, 0.1) is 11.6 Å². The van der Waals surface area contributed by atoms with E-state index < -0.39 is 23.4 Å². The molecule has 2 aromatic rings. The third-order valence-electron chi connectivity index (χ3n) is 4.72. The first-order valence-corrected chi connectivity index (χ1v) is 8.43. The minimum absolute atomic E-state index is 0.222. The first-order valence-electron chi connectivity index (χ1n) is 8.43. The molecule has 2 bridgehead atoms. The number of ether oxygens (including phenoxy) is 2. The van der Waals surface area contributed by atoms with E-state index in [9.17, 15) is 13.6 Å². The number of anilines is 1. The number of hydrogen-bond acceptors (Lipinski definition) is 3. The lowest BCUT2D eigenvalue weighted by atomic mass is 9.90. The smallest absolute Gasteiger partial charge is 0.325 e. The third kappa shape index (κ3) is 2.46. The second kappa shape index (κ2) is 5.86. The molecule has 0 aromatic heterocycles. The number of amides is 2. The monoisotopic (exact) mass is 360 g/mol. The van der Waals surface area contributed by atoms with Gasteiger partial charge in [0.2, 0.25) is 0 Å². The first kappa shape index (κ1) is 16.6. The minimum Gasteiger partial charge on any atom is -0.490 e. The van der Waals surface area contributed by atoms with E-state index in [0.717, 1.165) is 17.7 Å². The van der Waals surface area contributed by atoms with Crippen LogP contribution >= 0.6 is 0 Å². The molecule has 2 aromatic carbocycles. The van der Waals surface area contributed by atoms with Crippen LogP contribution in [-0.4, -0.2) is 18.4 Å². The minimum atomic E-state index is -1.06. The Morgan fingerprint density at radius 3 is 2.85 bits per heavy atom. The molecule has 2 aliphatic heterocycles. The van der Waals surface area contributed by atoms with Crippen LogP contribution in [0.4, 0.5) is 19.3 Å². The van der Waals surface area contributed by atoms with Gasteiger partial charge in [-0.15, -0.1) is 0 Å². The summed E-state index contributed by atoms with van der Waals surface area (Å²) in [5.41, 5.74) is 0.00342. The maximum atomic E-state index is 13.7. The van der Waals surface area contributed by atoms with Crippen LogP contribution in [0.5, 0.6) is 11.5 Å². The van der Waals surface area contributed by atoms with Gasteiger partial charge in [0, 0.05) is 18.1 Å². The molecule has 2 atom stereocenters. The fourth-order valence-corrected chi connectivity index (χ4v) is 3.64. The summed E-state index contributed by atoms with van der Waals surface area (Å²) in [6.45, 7) is 4.10.